The molecule has 0 aliphatic carbocycles. The van der Waals surface area contributed by atoms with E-state index in [1.807, 2.05) is 19.5 Å². The van der Waals surface area contributed by atoms with E-state index in [0.29, 0.717) is 17.7 Å². The maximum atomic E-state index is 12.2. The molecule has 2 aromatic rings. The number of amides is 1. The first-order valence-corrected chi connectivity index (χ1v) is 8.12. The van der Waals surface area contributed by atoms with Crippen LogP contribution >= 0.6 is 11.3 Å². The molecule has 1 aromatic heterocycles. The number of carbonyl (C=O) groups is 2. The summed E-state index contributed by atoms with van der Waals surface area (Å²) >= 11 is 1.64. The largest absolute Gasteiger partial charge is 0.465 e. The molecule has 122 valence electrons. The number of thiophene rings is 1. The van der Waals surface area contributed by atoms with Crippen molar-refractivity contribution in [1.29, 1.82) is 0 Å². The van der Waals surface area contributed by atoms with Crippen LogP contribution in [0.1, 0.15) is 32.3 Å². The molecule has 1 unspecified atom stereocenters. The molecule has 0 bridgehead atoms. The van der Waals surface area contributed by atoms with Crippen molar-refractivity contribution in [2.45, 2.75) is 6.04 Å². The highest BCUT2D eigenvalue weighted by molar-refractivity contribution is 7.07. The fraction of sp³-hybridized carbons (Fsp3) is 0.294. The van der Waals surface area contributed by atoms with E-state index in [9.17, 15) is 9.59 Å². The summed E-state index contributed by atoms with van der Waals surface area (Å²) in [4.78, 5) is 25.7. The number of hydrogen-bond acceptors (Lipinski definition) is 5. The molecule has 6 heteroatoms. The Morgan fingerprint density at radius 3 is 2.35 bits per heavy atom. The maximum Gasteiger partial charge on any atom is 0.337 e. The minimum absolute atomic E-state index is 0.125. The van der Waals surface area contributed by atoms with E-state index in [4.69, 9.17) is 0 Å². The van der Waals surface area contributed by atoms with E-state index in [1.165, 1.54) is 12.7 Å². The molecule has 0 saturated carbocycles. The minimum atomic E-state index is -0.415. The van der Waals surface area contributed by atoms with E-state index >= 15 is 0 Å². The lowest BCUT2D eigenvalue weighted by Gasteiger charge is -2.24. The number of nitrogens with one attached hydrogen (secondary N) is 1. The van der Waals surface area contributed by atoms with Gasteiger partial charge in [-0.2, -0.15) is 11.3 Å². The molecule has 0 aliphatic heterocycles. The fourth-order valence-electron chi connectivity index (χ4n) is 2.23. The first-order valence-electron chi connectivity index (χ1n) is 7.18. The monoisotopic (exact) mass is 332 g/mol. The van der Waals surface area contributed by atoms with Crippen molar-refractivity contribution in [3.8, 4) is 0 Å². The maximum absolute atomic E-state index is 12.2. The number of esters is 1. The summed E-state index contributed by atoms with van der Waals surface area (Å²) in [5.41, 5.74) is 2.12. The molecule has 23 heavy (non-hydrogen) atoms. The van der Waals surface area contributed by atoms with E-state index in [0.717, 1.165) is 0 Å². The number of ether oxygens (including phenoxy) is 1. The average molecular weight is 332 g/mol. The Bertz CT molecular complexity index is 651. The van der Waals surface area contributed by atoms with Gasteiger partial charge in [0.25, 0.3) is 5.91 Å². The zero-order valence-corrected chi connectivity index (χ0v) is 14.2. The van der Waals surface area contributed by atoms with Gasteiger partial charge in [-0.1, -0.05) is 0 Å². The van der Waals surface area contributed by atoms with Crippen LogP contribution in [0, 0.1) is 0 Å². The minimum Gasteiger partial charge on any atom is -0.465 e. The summed E-state index contributed by atoms with van der Waals surface area (Å²) in [6, 6.07) is 8.60. The highest BCUT2D eigenvalue weighted by Gasteiger charge is 2.16. The second kappa shape index (κ2) is 7.89. The van der Waals surface area contributed by atoms with Crippen LogP contribution in [0.3, 0.4) is 0 Å². The van der Waals surface area contributed by atoms with Crippen LogP contribution in [-0.2, 0) is 4.74 Å². The van der Waals surface area contributed by atoms with Crippen LogP contribution in [0.25, 0.3) is 0 Å². The number of hydrogen-bond donors (Lipinski definition) is 1. The van der Waals surface area contributed by atoms with Crippen molar-refractivity contribution < 1.29 is 14.3 Å². The van der Waals surface area contributed by atoms with Crippen molar-refractivity contribution in [2.24, 2.45) is 0 Å². The molecule has 1 atom stereocenters. The Hall–Kier alpha value is -2.18. The van der Waals surface area contributed by atoms with Gasteiger partial charge in [-0.3, -0.25) is 4.79 Å². The predicted octanol–water partition coefficient (Wildman–Crippen LogP) is 2.57. The van der Waals surface area contributed by atoms with E-state index in [2.05, 4.69) is 26.4 Å². The second-order valence-corrected chi connectivity index (χ2v) is 6.10. The van der Waals surface area contributed by atoms with E-state index < -0.39 is 5.97 Å². The molecule has 1 amide bonds. The van der Waals surface area contributed by atoms with Gasteiger partial charge in [0.05, 0.1) is 18.7 Å². The Morgan fingerprint density at radius 2 is 1.83 bits per heavy atom. The van der Waals surface area contributed by atoms with E-state index in [-0.39, 0.29) is 11.9 Å². The fourth-order valence-corrected chi connectivity index (χ4v) is 2.94. The third kappa shape index (κ3) is 4.40. The second-order valence-electron chi connectivity index (χ2n) is 5.32. The van der Waals surface area contributed by atoms with Gasteiger partial charge in [0.2, 0.25) is 0 Å². The van der Waals surface area contributed by atoms with Crippen molar-refractivity contribution in [3.05, 3.63) is 57.8 Å². The Morgan fingerprint density at radius 1 is 1.17 bits per heavy atom. The first-order chi connectivity index (χ1) is 11.0. The Labute approximate surface area is 139 Å². The summed E-state index contributed by atoms with van der Waals surface area (Å²) in [5.74, 6) is -0.578. The van der Waals surface area contributed by atoms with Gasteiger partial charge in [0, 0.05) is 12.1 Å². The van der Waals surface area contributed by atoms with Crippen molar-refractivity contribution in [1.82, 2.24) is 10.2 Å². The standard InChI is InChI=1S/C17H20N2O3S/c1-19(2)15(14-8-9-23-11-14)10-18-16(20)12-4-6-13(7-5-12)17(21)22-3/h4-9,11,15H,10H2,1-3H3,(H,18,20). The van der Waals surface area contributed by atoms with Crippen LogP contribution in [0.4, 0.5) is 0 Å². The van der Waals surface area contributed by atoms with Gasteiger partial charge in [0.15, 0.2) is 0 Å². The van der Waals surface area contributed by atoms with Crippen LogP contribution in [0.15, 0.2) is 41.1 Å². The lowest BCUT2D eigenvalue weighted by molar-refractivity contribution is 0.0600. The molecule has 0 spiro atoms. The third-order valence-corrected chi connectivity index (χ3v) is 4.28. The van der Waals surface area contributed by atoms with Gasteiger partial charge < -0.3 is 15.0 Å². The van der Waals surface area contributed by atoms with Crippen molar-refractivity contribution >= 4 is 23.2 Å². The summed E-state index contributed by atoms with van der Waals surface area (Å²) in [7, 11) is 5.30. The van der Waals surface area contributed by atoms with Gasteiger partial charge in [0.1, 0.15) is 0 Å². The summed E-state index contributed by atoms with van der Waals surface area (Å²) in [6.45, 7) is 0.515. The average Bonchev–Trinajstić information content (AvgIpc) is 3.08. The summed E-state index contributed by atoms with van der Waals surface area (Å²) < 4.78 is 4.64. The number of nitrogens with zero attached hydrogens (tertiary/aromatic N) is 1. The molecular formula is C17H20N2O3S. The van der Waals surface area contributed by atoms with Gasteiger partial charge in [-0.15, -0.1) is 0 Å². The highest BCUT2D eigenvalue weighted by atomic mass is 32.1. The lowest BCUT2D eigenvalue weighted by atomic mass is 10.1. The predicted molar refractivity (Wildman–Crippen MR) is 90.9 cm³/mol. The van der Waals surface area contributed by atoms with Gasteiger partial charge >= 0.3 is 5.97 Å². The molecule has 2 rings (SSSR count). The molecule has 5 nitrogen and oxygen atoms in total. The normalized spacial score (nSPS) is 12.0. The quantitative estimate of drug-likeness (QED) is 0.826. The lowest BCUT2D eigenvalue weighted by Crippen LogP contribution is -2.34. The Balaban J connectivity index is 1.99. The van der Waals surface area contributed by atoms with E-state index in [1.54, 1.807) is 35.6 Å². The van der Waals surface area contributed by atoms with Gasteiger partial charge in [-0.25, -0.2) is 4.79 Å². The SMILES string of the molecule is COC(=O)c1ccc(C(=O)NCC(c2ccsc2)N(C)C)cc1. The van der Waals surface area contributed by atoms with Crippen LogP contribution in [0.5, 0.6) is 0 Å². The molecule has 0 aliphatic rings. The number of carbonyl (C=O) groups excluding carboxylic acids is 2. The zero-order valence-electron chi connectivity index (χ0n) is 13.4. The number of methoxy groups -OCH3 is 1. The molecule has 1 heterocycles. The summed E-state index contributed by atoms with van der Waals surface area (Å²) in [5, 5.41) is 7.05. The highest BCUT2D eigenvalue weighted by Crippen LogP contribution is 2.20. The zero-order chi connectivity index (χ0) is 16.8. The van der Waals surface area contributed by atoms with Crippen molar-refractivity contribution in [2.75, 3.05) is 27.7 Å². The van der Waals surface area contributed by atoms with Crippen LogP contribution in [-0.4, -0.2) is 44.5 Å². The smallest absolute Gasteiger partial charge is 0.337 e. The van der Waals surface area contributed by atoms with Crippen LogP contribution < -0.4 is 5.32 Å². The molecular weight excluding hydrogens is 312 g/mol. The Kier molecular flexibility index (Phi) is 5.90. The number of likely N-dealkylation sites (N-methyl/N-ethyl adjacent to an activating group) is 1. The molecule has 0 saturated heterocycles. The third-order valence-electron chi connectivity index (χ3n) is 3.58. The van der Waals surface area contributed by atoms with Crippen LogP contribution in [0.2, 0.25) is 0 Å². The molecule has 1 aromatic carbocycles. The number of rotatable bonds is 6. The van der Waals surface area contributed by atoms with Gasteiger partial charge in [-0.05, 0) is 60.8 Å². The number of benzene rings is 1. The molecule has 0 fully saturated rings. The molecule has 1 N–H and O–H groups in total. The first kappa shape index (κ1) is 17.2. The van der Waals surface area contributed by atoms with Crippen molar-refractivity contribution in [3.63, 3.8) is 0 Å². The molecule has 0 radical (unpaired) electrons. The topological polar surface area (TPSA) is 58.6 Å². The summed E-state index contributed by atoms with van der Waals surface area (Å²) in [6.07, 6.45) is 0.